The lowest BCUT2D eigenvalue weighted by Gasteiger charge is -2.12. The van der Waals surface area contributed by atoms with Crippen molar-refractivity contribution >= 4 is 21.5 Å². The smallest absolute Gasteiger partial charge is 0.187 e. The van der Waals surface area contributed by atoms with Gasteiger partial charge in [-0.2, -0.15) is 0 Å². The molecule has 15 heavy (non-hydrogen) atoms. The second-order valence-corrected chi connectivity index (χ2v) is 5.61. The molecule has 0 radical (unpaired) electrons. The summed E-state index contributed by atoms with van der Waals surface area (Å²) in [5.74, 6) is 0.626. The third kappa shape index (κ3) is 2.43. The predicted molar refractivity (Wildman–Crippen MR) is 66.5 cm³/mol. The summed E-state index contributed by atoms with van der Waals surface area (Å²) in [7, 11) is 0. The molecule has 1 aromatic rings. The van der Waals surface area contributed by atoms with Gasteiger partial charge < -0.3 is 10.6 Å². The molecule has 2 N–H and O–H groups in total. The van der Waals surface area contributed by atoms with Gasteiger partial charge in [0.15, 0.2) is 5.13 Å². The molecule has 0 aliphatic carbocycles. The average molecular weight is 225 g/mol. The van der Waals surface area contributed by atoms with Crippen molar-refractivity contribution < 1.29 is 0 Å². The lowest BCUT2D eigenvalue weighted by atomic mass is 10.1. The van der Waals surface area contributed by atoms with Crippen LogP contribution < -0.4 is 10.6 Å². The van der Waals surface area contributed by atoms with E-state index in [1.165, 1.54) is 12.8 Å². The van der Waals surface area contributed by atoms with E-state index >= 15 is 0 Å². The average Bonchev–Trinajstić information content (AvgIpc) is 2.75. The summed E-state index contributed by atoms with van der Waals surface area (Å²) in [6.45, 7) is 6.70. The molecule has 2 rings (SSSR count). The minimum Gasteiger partial charge on any atom is -0.389 e. The fourth-order valence-corrected chi connectivity index (χ4v) is 2.84. The second kappa shape index (κ2) is 4.39. The Morgan fingerprint density at radius 1 is 1.40 bits per heavy atom. The van der Waals surface area contributed by atoms with Gasteiger partial charge in [0.1, 0.15) is 5.00 Å². The van der Waals surface area contributed by atoms with E-state index < -0.39 is 0 Å². The number of nitrogens with two attached hydrogens (primary N) is 1. The summed E-state index contributed by atoms with van der Waals surface area (Å²) < 4.78 is 0. The molecule has 1 aliphatic heterocycles. The normalized spacial score (nSPS) is 16.6. The number of thiazole rings is 1. The molecule has 0 unspecified atom stereocenters. The van der Waals surface area contributed by atoms with Crippen LogP contribution in [0.3, 0.4) is 0 Å². The molecule has 1 fully saturated rings. The van der Waals surface area contributed by atoms with Crippen LogP contribution in [0.5, 0.6) is 0 Å². The fraction of sp³-hybridized carbons (Fsp3) is 0.727. The molecule has 0 amide bonds. The summed E-state index contributed by atoms with van der Waals surface area (Å²) >= 11 is 1.65. The first-order valence-corrected chi connectivity index (χ1v) is 6.48. The van der Waals surface area contributed by atoms with Crippen LogP contribution in [0.15, 0.2) is 0 Å². The zero-order valence-corrected chi connectivity index (χ0v) is 10.3. The van der Waals surface area contributed by atoms with Gasteiger partial charge in [0.2, 0.25) is 0 Å². The Hall–Kier alpha value is -0.770. The Balaban J connectivity index is 2.12. The van der Waals surface area contributed by atoms with E-state index in [1.807, 2.05) is 0 Å². The highest BCUT2D eigenvalue weighted by Gasteiger charge is 2.18. The van der Waals surface area contributed by atoms with Gasteiger partial charge in [0, 0.05) is 13.1 Å². The first-order valence-electron chi connectivity index (χ1n) is 5.67. The molecule has 84 valence electrons. The summed E-state index contributed by atoms with van der Waals surface area (Å²) in [6.07, 6.45) is 3.58. The van der Waals surface area contributed by atoms with E-state index in [1.54, 1.807) is 11.3 Å². The quantitative estimate of drug-likeness (QED) is 0.859. The fourth-order valence-electron chi connectivity index (χ4n) is 1.93. The summed E-state index contributed by atoms with van der Waals surface area (Å²) in [5.41, 5.74) is 7.08. The van der Waals surface area contributed by atoms with Gasteiger partial charge >= 0.3 is 0 Å². The summed E-state index contributed by atoms with van der Waals surface area (Å²) in [4.78, 5) is 7.00. The minimum absolute atomic E-state index is 0.626. The molecule has 3 nitrogen and oxygen atoms in total. The zero-order chi connectivity index (χ0) is 10.8. The molecule has 0 aromatic carbocycles. The standard InChI is InChI=1S/C11H19N3S/c1-8(2)7-9-10(12)15-11(13-9)14-5-3-4-6-14/h8H,3-7,12H2,1-2H3. The number of anilines is 2. The predicted octanol–water partition coefficient (Wildman–Crippen LogP) is 2.52. The van der Waals surface area contributed by atoms with E-state index in [4.69, 9.17) is 5.73 Å². The lowest BCUT2D eigenvalue weighted by molar-refractivity contribution is 0.638. The van der Waals surface area contributed by atoms with Crippen LogP contribution in [0.25, 0.3) is 0 Å². The van der Waals surface area contributed by atoms with Gasteiger partial charge in [-0.3, -0.25) is 0 Å². The number of rotatable bonds is 3. The summed E-state index contributed by atoms with van der Waals surface area (Å²) in [5, 5.41) is 2.03. The topological polar surface area (TPSA) is 42.2 Å². The van der Waals surface area contributed by atoms with Crippen LogP contribution in [0.1, 0.15) is 32.4 Å². The maximum absolute atomic E-state index is 5.99. The van der Waals surface area contributed by atoms with Crippen molar-refractivity contribution in [2.75, 3.05) is 23.7 Å². The monoisotopic (exact) mass is 225 g/mol. The molecule has 0 atom stereocenters. The first-order chi connectivity index (χ1) is 7.16. The van der Waals surface area contributed by atoms with E-state index in [-0.39, 0.29) is 0 Å². The Morgan fingerprint density at radius 3 is 2.67 bits per heavy atom. The Kier molecular flexibility index (Phi) is 3.14. The SMILES string of the molecule is CC(C)Cc1nc(N2CCCC2)sc1N. The van der Waals surface area contributed by atoms with Crippen molar-refractivity contribution in [1.82, 2.24) is 4.98 Å². The van der Waals surface area contributed by atoms with Crippen LogP contribution in [0.4, 0.5) is 10.1 Å². The molecular weight excluding hydrogens is 206 g/mol. The Labute approximate surface area is 95.3 Å². The molecular formula is C11H19N3S. The maximum atomic E-state index is 5.99. The lowest BCUT2D eigenvalue weighted by Crippen LogP contribution is -2.17. The van der Waals surface area contributed by atoms with Gasteiger partial charge in [0.05, 0.1) is 5.69 Å². The van der Waals surface area contributed by atoms with Crippen molar-refractivity contribution in [3.8, 4) is 0 Å². The van der Waals surface area contributed by atoms with Crippen molar-refractivity contribution in [2.45, 2.75) is 33.1 Å². The Morgan fingerprint density at radius 2 is 2.07 bits per heavy atom. The van der Waals surface area contributed by atoms with E-state index in [0.717, 1.165) is 35.3 Å². The maximum Gasteiger partial charge on any atom is 0.187 e. The van der Waals surface area contributed by atoms with Crippen LogP contribution >= 0.6 is 11.3 Å². The molecule has 0 saturated carbocycles. The molecule has 1 aromatic heterocycles. The van der Waals surface area contributed by atoms with Gasteiger partial charge in [0.25, 0.3) is 0 Å². The highest BCUT2D eigenvalue weighted by atomic mass is 32.1. The van der Waals surface area contributed by atoms with E-state index in [0.29, 0.717) is 5.92 Å². The number of nitrogens with zero attached hydrogens (tertiary/aromatic N) is 2. The highest BCUT2D eigenvalue weighted by molar-refractivity contribution is 7.19. The van der Waals surface area contributed by atoms with Crippen LogP contribution in [0.2, 0.25) is 0 Å². The molecule has 4 heteroatoms. The molecule has 0 spiro atoms. The van der Waals surface area contributed by atoms with Gasteiger partial charge in [-0.15, -0.1) is 0 Å². The number of nitrogen functional groups attached to an aromatic ring is 1. The van der Waals surface area contributed by atoms with Crippen molar-refractivity contribution in [3.63, 3.8) is 0 Å². The largest absolute Gasteiger partial charge is 0.389 e. The highest BCUT2D eigenvalue weighted by Crippen LogP contribution is 2.31. The molecule has 0 bridgehead atoms. The van der Waals surface area contributed by atoms with Gasteiger partial charge in [-0.1, -0.05) is 25.2 Å². The molecule has 2 heterocycles. The van der Waals surface area contributed by atoms with E-state index in [2.05, 4.69) is 23.7 Å². The zero-order valence-electron chi connectivity index (χ0n) is 9.49. The van der Waals surface area contributed by atoms with Gasteiger partial charge in [-0.25, -0.2) is 4.98 Å². The third-order valence-electron chi connectivity index (χ3n) is 2.69. The van der Waals surface area contributed by atoms with Crippen molar-refractivity contribution in [1.29, 1.82) is 0 Å². The first kappa shape index (κ1) is 10.7. The number of hydrogen-bond acceptors (Lipinski definition) is 4. The van der Waals surface area contributed by atoms with Crippen molar-refractivity contribution in [3.05, 3.63) is 5.69 Å². The Bertz CT molecular complexity index is 327. The van der Waals surface area contributed by atoms with Crippen LogP contribution in [-0.4, -0.2) is 18.1 Å². The van der Waals surface area contributed by atoms with E-state index in [9.17, 15) is 0 Å². The molecule has 1 saturated heterocycles. The third-order valence-corrected chi connectivity index (χ3v) is 3.68. The van der Waals surface area contributed by atoms with Crippen LogP contribution in [0, 0.1) is 5.92 Å². The summed E-state index contributed by atoms with van der Waals surface area (Å²) in [6, 6.07) is 0. The number of hydrogen-bond donors (Lipinski definition) is 1. The number of aromatic nitrogens is 1. The minimum atomic E-state index is 0.626. The molecule has 1 aliphatic rings. The van der Waals surface area contributed by atoms with Crippen molar-refractivity contribution in [2.24, 2.45) is 5.92 Å². The van der Waals surface area contributed by atoms with Gasteiger partial charge in [-0.05, 0) is 25.2 Å². The van der Waals surface area contributed by atoms with Crippen LogP contribution in [-0.2, 0) is 6.42 Å². The second-order valence-electron chi connectivity index (χ2n) is 4.60.